The zero-order chi connectivity index (χ0) is 30.2. The molecule has 43 heavy (non-hydrogen) atoms. The Morgan fingerprint density at radius 3 is 2.53 bits per heavy atom. The highest BCUT2D eigenvalue weighted by atomic mass is 32.1. The standard InChI is InChI=1S/C33H27N3O5S2/c1-4-41-32(40)27-28(21-10-6-5-7-11-21)34-33-36(29(27)25-14-9-15-42-25)30(37)26(43-33)18-23-16-19(2)35(20(23)3)24-13-8-12-22(17-24)31(38)39/h5-18,29H,4H2,1-3H3,(H,38,39)/b26-18-/t29-/m0/s1. The Kier molecular flexibility index (Phi) is 7.55. The molecule has 0 spiro atoms. The van der Waals surface area contributed by atoms with Crippen LogP contribution in [0.2, 0.25) is 0 Å². The molecule has 10 heteroatoms. The minimum atomic E-state index is -0.997. The van der Waals surface area contributed by atoms with Gasteiger partial charge in [0.25, 0.3) is 5.56 Å². The van der Waals surface area contributed by atoms with Gasteiger partial charge in [0.05, 0.1) is 28.0 Å². The molecule has 0 aliphatic carbocycles. The number of carbonyl (C=O) groups excluding carboxylic acids is 1. The predicted molar refractivity (Wildman–Crippen MR) is 168 cm³/mol. The van der Waals surface area contributed by atoms with E-state index >= 15 is 0 Å². The number of esters is 1. The van der Waals surface area contributed by atoms with E-state index in [1.807, 2.05) is 84.5 Å². The molecule has 1 aliphatic rings. The number of fused-ring (bicyclic) bond motifs is 1. The molecule has 0 amide bonds. The molecule has 0 unspecified atom stereocenters. The number of ether oxygens (including phenoxy) is 1. The fourth-order valence-corrected chi connectivity index (χ4v) is 7.22. The number of nitrogens with zero attached hydrogens (tertiary/aromatic N) is 3. The van der Waals surface area contributed by atoms with Gasteiger partial charge in [-0.05, 0) is 68.1 Å². The zero-order valence-electron chi connectivity index (χ0n) is 23.6. The molecule has 1 atom stereocenters. The summed E-state index contributed by atoms with van der Waals surface area (Å²) in [5.41, 5.74) is 4.81. The molecule has 8 nitrogen and oxygen atoms in total. The molecule has 5 aromatic rings. The number of aromatic carboxylic acids is 1. The van der Waals surface area contributed by atoms with Crippen LogP contribution in [0.4, 0.5) is 0 Å². The molecule has 4 heterocycles. The normalized spacial score (nSPS) is 14.9. The molecule has 216 valence electrons. The molecule has 6 rings (SSSR count). The van der Waals surface area contributed by atoms with E-state index in [9.17, 15) is 19.5 Å². The van der Waals surface area contributed by atoms with Crippen LogP contribution >= 0.6 is 22.7 Å². The number of hydrogen-bond donors (Lipinski definition) is 1. The van der Waals surface area contributed by atoms with E-state index in [4.69, 9.17) is 9.73 Å². The first kappa shape index (κ1) is 28.3. The monoisotopic (exact) mass is 609 g/mol. The van der Waals surface area contributed by atoms with Crippen molar-refractivity contribution < 1.29 is 19.4 Å². The lowest BCUT2D eigenvalue weighted by Gasteiger charge is -2.24. The van der Waals surface area contributed by atoms with Crippen molar-refractivity contribution in [3.05, 3.63) is 136 Å². The third-order valence-electron chi connectivity index (χ3n) is 7.29. The summed E-state index contributed by atoms with van der Waals surface area (Å²) < 4.78 is 9.54. The number of hydrogen-bond acceptors (Lipinski definition) is 7. The smallest absolute Gasteiger partial charge is 0.338 e. The Morgan fingerprint density at radius 1 is 1.05 bits per heavy atom. The molecular weight excluding hydrogens is 583 g/mol. The van der Waals surface area contributed by atoms with Crippen molar-refractivity contribution in [1.82, 2.24) is 9.13 Å². The van der Waals surface area contributed by atoms with Crippen LogP contribution in [0, 0.1) is 13.8 Å². The van der Waals surface area contributed by atoms with Crippen LogP contribution < -0.4 is 14.9 Å². The number of aryl methyl sites for hydroxylation is 1. The fourth-order valence-electron chi connectivity index (χ4n) is 5.41. The molecular formula is C33H27N3O5S2. The highest BCUT2D eigenvalue weighted by molar-refractivity contribution is 7.10. The lowest BCUT2D eigenvalue weighted by molar-refractivity contribution is -0.138. The van der Waals surface area contributed by atoms with Gasteiger partial charge < -0.3 is 14.4 Å². The van der Waals surface area contributed by atoms with Crippen molar-refractivity contribution in [2.24, 2.45) is 4.99 Å². The second-order valence-electron chi connectivity index (χ2n) is 9.96. The first-order chi connectivity index (χ1) is 20.8. The molecule has 0 bridgehead atoms. The summed E-state index contributed by atoms with van der Waals surface area (Å²) in [4.78, 5) is 45.4. The minimum absolute atomic E-state index is 0.191. The van der Waals surface area contributed by atoms with Crippen LogP contribution in [0.3, 0.4) is 0 Å². The second-order valence-corrected chi connectivity index (χ2v) is 12.0. The maximum Gasteiger partial charge on any atom is 0.338 e. The number of thiophene rings is 1. The van der Waals surface area contributed by atoms with Gasteiger partial charge >= 0.3 is 11.9 Å². The second kappa shape index (κ2) is 11.5. The van der Waals surface area contributed by atoms with E-state index in [-0.39, 0.29) is 17.7 Å². The van der Waals surface area contributed by atoms with Crippen LogP contribution in [0.25, 0.3) is 17.5 Å². The molecule has 0 saturated carbocycles. The maximum atomic E-state index is 14.1. The third-order valence-corrected chi connectivity index (χ3v) is 9.20. The average molecular weight is 610 g/mol. The van der Waals surface area contributed by atoms with Crippen molar-refractivity contribution >= 4 is 46.4 Å². The number of aromatic nitrogens is 2. The lowest BCUT2D eigenvalue weighted by atomic mass is 9.97. The van der Waals surface area contributed by atoms with E-state index in [2.05, 4.69) is 0 Å². The summed E-state index contributed by atoms with van der Waals surface area (Å²) in [7, 11) is 0. The Bertz CT molecular complexity index is 2080. The molecule has 3 aromatic heterocycles. The average Bonchev–Trinajstić information content (AvgIpc) is 3.71. The summed E-state index contributed by atoms with van der Waals surface area (Å²) >= 11 is 2.73. The van der Waals surface area contributed by atoms with Crippen molar-refractivity contribution in [3.63, 3.8) is 0 Å². The Morgan fingerprint density at radius 2 is 1.84 bits per heavy atom. The summed E-state index contributed by atoms with van der Waals surface area (Å²) in [6.07, 6.45) is 1.84. The fraction of sp³-hybridized carbons (Fsp3) is 0.152. The van der Waals surface area contributed by atoms with Gasteiger partial charge in [0.1, 0.15) is 6.04 Å². The van der Waals surface area contributed by atoms with Crippen LogP contribution in [0.15, 0.2) is 93.5 Å². The van der Waals surface area contributed by atoms with E-state index in [0.717, 1.165) is 33.1 Å². The molecule has 0 saturated heterocycles. The Hall–Kier alpha value is -4.80. The first-order valence-electron chi connectivity index (χ1n) is 13.6. The quantitative estimate of drug-likeness (QED) is 0.259. The molecule has 2 aromatic carbocycles. The van der Waals surface area contributed by atoms with Gasteiger partial charge in [-0.15, -0.1) is 11.3 Å². The van der Waals surface area contributed by atoms with Crippen molar-refractivity contribution in [3.8, 4) is 5.69 Å². The predicted octanol–water partition coefficient (Wildman–Crippen LogP) is 5.10. The summed E-state index contributed by atoms with van der Waals surface area (Å²) in [6, 6.07) is 21.3. The molecule has 1 N–H and O–H groups in total. The van der Waals surface area contributed by atoms with Crippen molar-refractivity contribution in [1.29, 1.82) is 0 Å². The molecule has 1 aliphatic heterocycles. The summed E-state index contributed by atoms with van der Waals surface area (Å²) in [5, 5.41) is 11.4. The molecule has 0 radical (unpaired) electrons. The SMILES string of the molecule is CCOC(=O)C1=C(c2ccccc2)N=c2s/c(=C\c3cc(C)n(-c4cccc(C(=O)O)c4)c3C)c(=O)n2[C@H]1c1cccs1. The van der Waals surface area contributed by atoms with Gasteiger partial charge in [-0.3, -0.25) is 9.36 Å². The Labute approximate surface area is 254 Å². The van der Waals surface area contributed by atoms with E-state index < -0.39 is 18.0 Å². The maximum absolute atomic E-state index is 14.1. The van der Waals surface area contributed by atoms with Crippen molar-refractivity contribution in [2.75, 3.05) is 6.61 Å². The largest absolute Gasteiger partial charge is 0.478 e. The number of rotatable bonds is 7. The van der Waals surface area contributed by atoms with Crippen LogP contribution in [0.5, 0.6) is 0 Å². The number of carbonyl (C=O) groups is 2. The van der Waals surface area contributed by atoms with Crippen LogP contribution in [-0.4, -0.2) is 32.8 Å². The van der Waals surface area contributed by atoms with Gasteiger partial charge in [0.2, 0.25) is 0 Å². The van der Waals surface area contributed by atoms with Gasteiger partial charge in [-0.1, -0.05) is 53.8 Å². The van der Waals surface area contributed by atoms with E-state index in [1.54, 1.807) is 29.7 Å². The van der Waals surface area contributed by atoms with Gasteiger partial charge in [-0.2, -0.15) is 0 Å². The number of benzene rings is 2. The number of carboxylic acids is 1. The van der Waals surface area contributed by atoms with Gasteiger partial charge in [0.15, 0.2) is 4.80 Å². The minimum Gasteiger partial charge on any atom is -0.478 e. The van der Waals surface area contributed by atoms with E-state index in [1.165, 1.54) is 22.7 Å². The van der Waals surface area contributed by atoms with Crippen molar-refractivity contribution in [2.45, 2.75) is 26.8 Å². The van der Waals surface area contributed by atoms with Gasteiger partial charge in [-0.25, -0.2) is 14.6 Å². The number of carboxylic acid groups (broad SMARTS) is 1. The highest BCUT2D eigenvalue weighted by Crippen LogP contribution is 2.36. The molecule has 0 fully saturated rings. The highest BCUT2D eigenvalue weighted by Gasteiger charge is 2.35. The topological polar surface area (TPSA) is 103 Å². The first-order valence-corrected chi connectivity index (χ1v) is 15.3. The van der Waals surface area contributed by atoms with Crippen LogP contribution in [-0.2, 0) is 9.53 Å². The Balaban J connectivity index is 1.56. The summed E-state index contributed by atoms with van der Waals surface area (Å²) in [5.74, 6) is -1.51. The van der Waals surface area contributed by atoms with Crippen LogP contribution in [0.1, 0.15) is 50.7 Å². The van der Waals surface area contributed by atoms with Gasteiger partial charge in [0, 0.05) is 27.5 Å². The summed E-state index contributed by atoms with van der Waals surface area (Å²) in [6.45, 7) is 5.82. The number of thiazole rings is 1. The van der Waals surface area contributed by atoms with E-state index in [0.29, 0.717) is 20.6 Å². The lowest BCUT2D eigenvalue weighted by Crippen LogP contribution is -2.39. The zero-order valence-corrected chi connectivity index (χ0v) is 25.2. The third kappa shape index (κ3) is 5.09.